The normalized spacial score (nSPS) is 28.2. The molecule has 0 amide bonds. The van der Waals surface area contributed by atoms with Crippen LogP contribution in [0, 0.1) is 11.8 Å². The van der Waals surface area contributed by atoms with Crippen LogP contribution in [0.25, 0.3) is 0 Å². The average Bonchev–Trinajstić information content (AvgIpc) is 3.18. The van der Waals surface area contributed by atoms with E-state index in [-0.39, 0.29) is 0 Å². The molecule has 0 radical (unpaired) electrons. The predicted octanol–water partition coefficient (Wildman–Crippen LogP) is 7.42. The molecule has 2 bridgehead atoms. The molecule has 1 aromatic rings. The number of rotatable bonds is 7. The van der Waals surface area contributed by atoms with Gasteiger partial charge in [0.25, 0.3) is 0 Å². The summed E-state index contributed by atoms with van der Waals surface area (Å²) in [6.45, 7) is 14.4. The highest BCUT2D eigenvalue weighted by atomic mass is 28.3. The van der Waals surface area contributed by atoms with Crippen molar-refractivity contribution in [3.8, 4) is 11.5 Å². The minimum absolute atomic E-state index is 0.709. The van der Waals surface area contributed by atoms with Gasteiger partial charge in [0.2, 0.25) is 0 Å². The lowest BCUT2D eigenvalue weighted by Crippen LogP contribution is -2.42. The summed E-state index contributed by atoms with van der Waals surface area (Å²) in [5.41, 5.74) is 7.54. The molecule has 0 heterocycles. The lowest BCUT2D eigenvalue weighted by Gasteiger charge is -2.44. The maximum absolute atomic E-state index is 6.39. The third-order valence-corrected chi connectivity index (χ3v) is 15.3. The highest BCUT2D eigenvalue weighted by Crippen LogP contribution is 2.71. The summed E-state index contributed by atoms with van der Waals surface area (Å²) in [6, 6.07) is 4.27. The highest BCUT2D eigenvalue weighted by molar-refractivity contribution is 6.87. The molecular formula is C25H38O2Si. The maximum atomic E-state index is 6.39. The zero-order chi connectivity index (χ0) is 20.2. The molecule has 0 aromatic heterocycles. The molecule has 3 aliphatic rings. The molecule has 0 aliphatic heterocycles. The van der Waals surface area contributed by atoms with E-state index in [0.717, 1.165) is 35.2 Å². The number of benzene rings is 1. The lowest BCUT2D eigenvalue weighted by molar-refractivity contribution is 0.294. The first-order valence-corrected chi connectivity index (χ1v) is 13.7. The van der Waals surface area contributed by atoms with Crippen LogP contribution in [-0.4, -0.2) is 15.2 Å². The molecule has 3 heteroatoms. The van der Waals surface area contributed by atoms with Gasteiger partial charge in [-0.05, 0) is 71.7 Å². The van der Waals surface area contributed by atoms with E-state index in [1.54, 1.807) is 0 Å². The van der Waals surface area contributed by atoms with Crippen molar-refractivity contribution < 1.29 is 9.47 Å². The predicted molar refractivity (Wildman–Crippen MR) is 120 cm³/mol. The van der Waals surface area contributed by atoms with Crippen LogP contribution < -0.4 is 9.47 Å². The minimum atomic E-state index is -1.58. The van der Waals surface area contributed by atoms with Gasteiger partial charge in [-0.3, -0.25) is 0 Å². The molecule has 0 spiro atoms. The van der Waals surface area contributed by atoms with Crippen molar-refractivity contribution in [1.82, 2.24) is 0 Å². The van der Waals surface area contributed by atoms with E-state index < -0.39 is 8.07 Å². The van der Waals surface area contributed by atoms with Gasteiger partial charge in [-0.15, -0.1) is 0 Å². The Morgan fingerprint density at radius 1 is 0.857 bits per heavy atom. The first-order valence-electron chi connectivity index (χ1n) is 11.4. The number of ether oxygens (including phenoxy) is 2. The van der Waals surface area contributed by atoms with Crippen LogP contribution in [0.2, 0.25) is 16.6 Å². The van der Waals surface area contributed by atoms with Gasteiger partial charge in [-0.25, -0.2) is 0 Å². The van der Waals surface area contributed by atoms with Gasteiger partial charge < -0.3 is 9.47 Å². The van der Waals surface area contributed by atoms with E-state index in [9.17, 15) is 0 Å². The van der Waals surface area contributed by atoms with Crippen molar-refractivity contribution in [2.45, 2.75) is 89.3 Å². The van der Waals surface area contributed by atoms with Crippen molar-refractivity contribution >= 4 is 8.07 Å². The Morgan fingerprint density at radius 3 is 1.86 bits per heavy atom. The number of hydrogen-bond donors (Lipinski definition) is 0. The van der Waals surface area contributed by atoms with Gasteiger partial charge in [0.15, 0.2) is 0 Å². The molecule has 0 saturated heterocycles. The van der Waals surface area contributed by atoms with Crippen LogP contribution in [-0.2, 0) is 0 Å². The second-order valence-electron chi connectivity index (χ2n) is 10.4. The summed E-state index contributed by atoms with van der Waals surface area (Å²) in [5.74, 6) is 5.36. The number of hydrogen-bond acceptors (Lipinski definition) is 2. The first kappa shape index (κ1) is 20.1. The van der Waals surface area contributed by atoms with E-state index in [1.165, 1.54) is 30.4 Å². The van der Waals surface area contributed by atoms with Crippen LogP contribution in [0.1, 0.15) is 83.8 Å². The number of fused-ring (bicyclic) bond motifs is 8. The largest absolute Gasteiger partial charge is 0.496 e. The van der Waals surface area contributed by atoms with Crippen LogP contribution in [0.3, 0.4) is 0 Å². The van der Waals surface area contributed by atoms with E-state index in [0.29, 0.717) is 16.6 Å². The molecule has 4 atom stereocenters. The van der Waals surface area contributed by atoms with Crippen molar-refractivity contribution in [2.24, 2.45) is 11.8 Å². The molecule has 0 N–H and O–H groups in total. The molecular weight excluding hydrogens is 360 g/mol. The van der Waals surface area contributed by atoms with Crippen molar-refractivity contribution in [3.63, 3.8) is 0 Å². The summed E-state index contributed by atoms with van der Waals surface area (Å²) in [6.07, 6.45) is 6.27. The molecule has 2 saturated carbocycles. The Morgan fingerprint density at radius 2 is 1.36 bits per heavy atom. The number of methoxy groups -OCH3 is 1. The molecule has 2 nitrogen and oxygen atoms in total. The fourth-order valence-corrected chi connectivity index (χ4v) is 12.9. The van der Waals surface area contributed by atoms with Gasteiger partial charge in [0.05, 0.1) is 21.4 Å². The Labute approximate surface area is 172 Å². The molecule has 154 valence electrons. The molecule has 3 aliphatic carbocycles. The van der Waals surface area contributed by atoms with E-state index >= 15 is 0 Å². The molecule has 2 fully saturated rings. The van der Waals surface area contributed by atoms with Gasteiger partial charge in [-0.2, -0.15) is 0 Å². The molecule has 4 rings (SSSR count). The quantitative estimate of drug-likeness (QED) is 0.351. The second-order valence-corrected chi connectivity index (χ2v) is 16.2. The summed E-state index contributed by atoms with van der Waals surface area (Å²) in [4.78, 5) is 0. The summed E-state index contributed by atoms with van der Waals surface area (Å²) in [7, 11) is 0.228. The van der Waals surface area contributed by atoms with Crippen LogP contribution >= 0.6 is 0 Å². The van der Waals surface area contributed by atoms with E-state index in [1.807, 2.05) is 7.11 Å². The first-order chi connectivity index (χ1) is 13.3. The van der Waals surface area contributed by atoms with Crippen LogP contribution in [0.5, 0.6) is 11.5 Å². The fraction of sp³-hybridized carbons (Fsp3) is 0.680. The van der Waals surface area contributed by atoms with Crippen molar-refractivity contribution in [3.05, 3.63) is 35.2 Å². The van der Waals surface area contributed by atoms with Gasteiger partial charge in [0.1, 0.15) is 11.5 Å². The second kappa shape index (κ2) is 7.23. The van der Waals surface area contributed by atoms with E-state index in [4.69, 9.17) is 9.47 Å². The average molecular weight is 399 g/mol. The zero-order valence-electron chi connectivity index (χ0n) is 18.8. The molecule has 4 unspecified atom stereocenters. The third kappa shape index (κ3) is 2.72. The Hall–Kier alpha value is -1.22. The fourth-order valence-electron chi connectivity index (χ4n) is 7.39. The smallest absolute Gasteiger partial charge is 0.130 e. The van der Waals surface area contributed by atoms with E-state index in [2.05, 4.69) is 65.6 Å². The summed E-state index contributed by atoms with van der Waals surface area (Å²) >= 11 is 0. The SMILES string of the molecule is COc1ccc(O/C=C\[Si](C(C)C)(C(C)C)C(C)C)c2c1C1C3CCC(C3)C21. The summed E-state index contributed by atoms with van der Waals surface area (Å²) < 4.78 is 12.1. The van der Waals surface area contributed by atoms with Crippen LogP contribution in [0.4, 0.5) is 0 Å². The minimum Gasteiger partial charge on any atom is -0.496 e. The van der Waals surface area contributed by atoms with Crippen molar-refractivity contribution in [1.29, 1.82) is 0 Å². The van der Waals surface area contributed by atoms with Gasteiger partial charge in [0, 0.05) is 11.1 Å². The van der Waals surface area contributed by atoms with Crippen LogP contribution in [0.15, 0.2) is 24.1 Å². The third-order valence-electron chi connectivity index (χ3n) is 8.56. The highest BCUT2D eigenvalue weighted by Gasteiger charge is 2.57. The monoisotopic (exact) mass is 398 g/mol. The van der Waals surface area contributed by atoms with Gasteiger partial charge in [-0.1, -0.05) is 47.2 Å². The lowest BCUT2D eigenvalue weighted by atomic mass is 9.61. The summed E-state index contributed by atoms with van der Waals surface area (Å²) in [5, 5.41) is 0. The van der Waals surface area contributed by atoms with Crippen molar-refractivity contribution in [2.75, 3.05) is 7.11 Å². The molecule has 28 heavy (non-hydrogen) atoms. The zero-order valence-corrected chi connectivity index (χ0v) is 19.8. The molecule has 1 aromatic carbocycles. The topological polar surface area (TPSA) is 18.5 Å². The van der Waals surface area contributed by atoms with Gasteiger partial charge >= 0.3 is 0 Å². The Balaban J connectivity index is 1.64. The maximum Gasteiger partial charge on any atom is 0.130 e. The Kier molecular flexibility index (Phi) is 5.18. The Bertz CT molecular complexity index is 742. The standard InChI is InChI=1S/C25H38O2Si/c1-15(2)28(16(3)4,17(5)6)13-12-27-21-11-10-20(26-7)24-22-18-8-9-19(14-18)23(22)25(21)24/h10-13,15-19,22-23H,8-9,14H2,1-7H3/b13-12-.